The van der Waals surface area contributed by atoms with E-state index in [9.17, 15) is 14.0 Å². The molecule has 10 nitrogen and oxygen atoms in total. The Hall–Kier alpha value is -12.1. The Morgan fingerprint density at radius 1 is 0.315 bits per heavy atom. The molecule has 124 heavy (non-hydrogen) atoms. The van der Waals surface area contributed by atoms with Crippen molar-refractivity contribution in [1.29, 1.82) is 0 Å². The van der Waals surface area contributed by atoms with Crippen molar-refractivity contribution in [2.75, 3.05) is 0 Å². The minimum atomic E-state index is -0.396. The van der Waals surface area contributed by atoms with E-state index < -0.39 is 6.04 Å². The van der Waals surface area contributed by atoms with Crippen LogP contribution in [0.15, 0.2) is 419 Å². The molecule has 17 aromatic rings. The number of aliphatic hydroxyl groups is 2. The van der Waals surface area contributed by atoms with Gasteiger partial charge in [-0.1, -0.05) is 234 Å². The zero-order valence-electron chi connectivity index (χ0n) is 73.2. The van der Waals surface area contributed by atoms with Crippen molar-refractivity contribution in [3.05, 3.63) is 472 Å². The largest absolute Gasteiger partial charge is 0.512 e. The van der Waals surface area contributed by atoms with Crippen LogP contribution in [0.25, 0.3) is 123 Å². The molecule has 631 valence electrons. The van der Waals surface area contributed by atoms with E-state index in [2.05, 4.69) is 164 Å². The van der Waals surface area contributed by atoms with Crippen LogP contribution in [-0.2, 0) is 110 Å². The minimum absolute atomic E-state index is 0. The normalized spacial score (nSPS) is 10.5. The number of hydrogen-bond acceptors (Lipinski definition) is 10. The van der Waals surface area contributed by atoms with Crippen LogP contribution in [0.3, 0.4) is 0 Å². The summed E-state index contributed by atoms with van der Waals surface area (Å²) < 4.78 is 52.3. The summed E-state index contributed by atoms with van der Waals surface area (Å²) in [7, 11) is 0. The molecule has 0 saturated carbocycles. The number of allylic oxidation sites excluding steroid dienone is 4. The molecule has 0 amide bonds. The molecular formula is C108H87FIr5N6O4-6. The number of pyridine rings is 6. The fourth-order valence-electron chi connectivity index (χ4n) is 11.4. The first-order valence-corrected chi connectivity index (χ1v) is 38.0. The molecule has 0 aliphatic carbocycles. The number of carbonyl (C=O) groups excluding carboxylic acids is 2. The first-order chi connectivity index (χ1) is 60.2. The Kier molecular flexibility index (Phi) is 43.0. The second kappa shape index (κ2) is 56.6. The van der Waals surface area contributed by atoms with Crippen molar-refractivity contribution in [2.24, 2.45) is 0 Å². The van der Waals surface area contributed by atoms with Gasteiger partial charge in [0.2, 0.25) is 0 Å². The van der Waals surface area contributed by atoms with Gasteiger partial charge in [-0.05, 0) is 134 Å². The first-order valence-electron chi connectivity index (χ1n) is 40.5. The molecule has 0 bridgehead atoms. The molecule has 5 radical (unpaired) electrons. The summed E-state index contributed by atoms with van der Waals surface area (Å²) >= 11 is 0. The standard InChI is InChI=1S/C18H14N.C17H11FN.3C17H12N.C12H10N.2C5H8O2.5Ir/c1-14-6-2-3-7-17(14)15-9-11-16(12-10-15)18-8-4-5-13-19-18;18-16-9-10-19-17(12-16)15-8-4-7-14(11-15)13-5-2-1-3-6-13;1-3-7-14(8-4-1)16-11-12-17(18-13-16)15-9-5-2-6-10-15;1-2-7-14(8-3-1)15-9-6-10-16(13-15)17-11-4-5-12-18-17;1-2-6-14(7-3-1)15-9-11-16(12-10-15)17-8-4-5-13-18-17;1-10-7-8-12(13-9-10)11-5-3-2-4-6-11;2*1-4(6)3-5(2)7;;;;;/h2-11,13H,1H3;1-7,9-12H;2*1-9,11-13H;1-11,13H;2-5,7-9H,1H3;2*3,6H,1-2H3;;;;;/q6*-1;;;;;;;/i;;1D,3D,4D,7D,8D;;;;;;;;;;. The van der Waals surface area contributed by atoms with Gasteiger partial charge in [0.15, 0.2) is 11.6 Å². The monoisotopic (exact) mass is 2520 g/mol. The van der Waals surface area contributed by atoms with Gasteiger partial charge in [-0.3, -0.25) is 9.59 Å². The summed E-state index contributed by atoms with van der Waals surface area (Å²) in [5, 5.41) is 16.7. The Morgan fingerprint density at radius 3 is 1.09 bits per heavy atom. The van der Waals surface area contributed by atoms with Crippen LogP contribution in [0.2, 0.25) is 0 Å². The van der Waals surface area contributed by atoms with Crippen molar-refractivity contribution in [1.82, 2.24) is 29.9 Å². The predicted molar refractivity (Wildman–Crippen MR) is 482 cm³/mol. The quantitative estimate of drug-likeness (QED) is 0.0648. The molecule has 6 aromatic heterocycles. The van der Waals surface area contributed by atoms with Crippen LogP contribution in [0.5, 0.6) is 0 Å². The number of halogens is 1. The second-order valence-corrected chi connectivity index (χ2v) is 26.4. The smallest absolute Gasteiger partial charge is 0.155 e. The molecule has 16 heteroatoms. The predicted octanol–water partition coefficient (Wildman–Crippen LogP) is 26.4. The van der Waals surface area contributed by atoms with Gasteiger partial charge in [0.25, 0.3) is 0 Å². The number of ketones is 2. The number of benzene rings is 11. The Balaban J connectivity index is 0.000000265. The number of hydrogen-bond donors (Lipinski definition) is 2. The average Bonchev–Trinajstić information content (AvgIpc) is 0.775. The van der Waals surface area contributed by atoms with Gasteiger partial charge in [0.1, 0.15) is 5.82 Å². The van der Waals surface area contributed by atoms with Gasteiger partial charge in [0.05, 0.1) is 18.4 Å². The van der Waals surface area contributed by atoms with Crippen molar-refractivity contribution < 1.29 is 132 Å². The second-order valence-electron chi connectivity index (χ2n) is 26.4. The third-order valence-electron chi connectivity index (χ3n) is 17.1. The number of nitrogens with zero attached hydrogens (tertiary/aromatic N) is 6. The number of carbonyl (C=O) groups is 2. The zero-order chi connectivity index (χ0) is 88.0. The van der Waals surface area contributed by atoms with E-state index in [1.54, 1.807) is 36.8 Å². The fraction of sp³-hybridized carbons (Fsp3) is 0.0556. The Bertz CT molecular complexity index is 6110. The summed E-state index contributed by atoms with van der Waals surface area (Å²) in [6.07, 6.45) is 12.6. The zero-order valence-corrected chi connectivity index (χ0v) is 80.2. The van der Waals surface area contributed by atoms with Gasteiger partial charge < -0.3 is 40.1 Å². The molecule has 0 aliphatic rings. The van der Waals surface area contributed by atoms with Crippen molar-refractivity contribution >= 4 is 11.6 Å². The molecule has 0 atom stereocenters. The van der Waals surface area contributed by atoms with E-state index in [4.69, 9.17) is 17.1 Å². The van der Waals surface area contributed by atoms with E-state index >= 15 is 0 Å². The minimum Gasteiger partial charge on any atom is -0.512 e. The molecule has 6 heterocycles. The van der Waals surface area contributed by atoms with Gasteiger partial charge in [-0.2, -0.15) is 0 Å². The molecule has 11 aromatic carbocycles. The third kappa shape index (κ3) is 35.0. The van der Waals surface area contributed by atoms with Gasteiger partial charge in [0, 0.05) is 150 Å². The molecule has 0 spiro atoms. The molecule has 0 saturated heterocycles. The van der Waals surface area contributed by atoms with E-state index in [1.807, 2.05) is 219 Å². The number of aliphatic hydroxyl groups excluding tert-OH is 2. The summed E-state index contributed by atoms with van der Waals surface area (Å²) in [5.41, 5.74) is 23.4. The SMILES string of the molecule is CC(=O)C=C(C)O.CC(=O)C=C(C)O.Cc1ccc(-c2[c-]cccc2)nc1.Cc1ccccc1-c1c[c-]c(-c2ccccn2)cc1.Fc1ccnc(-c2[c-]ccc(-c3ccccc3)c2)c1.[2H]c1c([2H])c([2H])c(-c2ccc(-c3[c-]cccc3)nc2)c([2H])c1[2H].[Ir].[Ir].[Ir].[Ir].[Ir].[c-]1cc(-c2ccccc2)ccc1-c1ccccn1.[c-]1ccc(-c2ccccc2)cc1-c1ccccn1. The molecular weight excluding hydrogens is 2430 g/mol. The van der Waals surface area contributed by atoms with Crippen LogP contribution < -0.4 is 0 Å². The molecule has 17 rings (SSSR count). The fourth-order valence-corrected chi connectivity index (χ4v) is 11.4. The molecule has 0 fully saturated rings. The maximum atomic E-state index is 13.2. The first kappa shape index (κ1) is 94.2. The molecule has 0 unspecified atom stereocenters. The van der Waals surface area contributed by atoms with Gasteiger partial charge >= 0.3 is 0 Å². The summed E-state index contributed by atoms with van der Waals surface area (Å²) in [5.74, 6) is -0.413. The van der Waals surface area contributed by atoms with Crippen LogP contribution in [0.1, 0.15) is 45.7 Å². The number of aryl methyl sites for hydroxylation is 2. The van der Waals surface area contributed by atoms with E-state index in [0.717, 1.165) is 67.3 Å². The molecule has 0 aliphatic heterocycles. The molecule has 2 N–H and O–H groups in total. The summed E-state index contributed by atoms with van der Waals surface area (Å²) in [4.78, 5) is 45.9. The summed E-state index contributed by atoms with van der Waals surface area (Å²) in [6.45, 7) is 9.86. The van der Waals surface area contributed by atoms with Crippen LogP contribution in [-0.4, -0.2) is 51.7 Å². The summed E-state index contributed by atoms with van der Waals surface area (Å²) in [6, 6.07) is 124. The van der Waals surface area contributed by atoms with Gasteiger partial charge in [-0.25, -0.2) is 4.39 Å². The maximum Gasteiger partial charge on any atom is 0.155 e. The number of aromatic nitrogens is 6. The average molecular weight is 2520 g/mol. The number of rotatable bonds is 13. The third-order valence-corrected chi connectivity index (χ3v) is 17.1. The van der Waals surface area contributed by atoms with E-state index in [0.29, 0.717) is 17.0 Å². The van der Waals surface area contributed by atoms with E-state index in [1.165, 1.54) is 109 Å². The van der Waals surface area contributed by atoms with Crippen molar-refractivity contribution in [2.45, 2.75) is 41.5 Å². The maximum absolute atomic E-state index is 13.2. The topological polar surface area (TPSA) is 152 Å². The van der Waals surface area contributed by atoms with Crippen LogP contribution in [0.4, 0.5) is 4.39 Å². The van der Waals surface area contributed by atoms with E-state index in [-0.39, 0.29) is 159 Å². The van der Waals surface area contributed by atoms with Crippen molar-refractivity contribution in [3.63, 3.8) is 0 Å². The van der Waals surface area contributed by atoms with Crippen LogP contribution >= 0.6 is 0 Å². The Morgan fingerprint density at radius 2 is 0.702 bits per heavy atom. The van der Waals surface area contributed by atoms with Crippen molar-refractivity contribution in [3.8, 4) is 123 Å². The van der Waals surface area contributed by atoms with Gasteiger partial charge in [-0.15, -0.1) is 202 Å². The van der Waals surface area contributed by atoms with Crippen LogP contribution in [0, 0.1) is 56.1 Å². The Labute approximate surface area is 802 Å².